The van der Waals surface area contributed by atoms with Crippen molar-refractivity contribution in [1.29, 1.82) is 5.26 Å². The van der Waals surface area contributed by atoms with Gasteiger partial charge in [0, 0.05) is 18.0 Å². The largest absolute Gasteiger partial charge is 0.489 e. The van der Waals surface area contributed by atoms with Crippen LogP contribution in [0.2, 0.25) is 0 Å². The van der Waals surface area contributed by atoms with Crippen LogP contribution in [-0.2, 0) is 11.4 Å². The molecule has 4 atom stereocenters. The normalized spacial score (nSPS) is 23.4. The third-order valence-electron chi connectivity index (χ3n) is 7.18. The van der Waals surface area contributed by atoms with Gasteiger partial charge in [0.05, 0.1) is 11.6 Å². The Hall–Kier alpha value is -4.12. The molecule has 2 aliphatic rings. The third-order valence-corrected chi connectivity index (χ3v) is 7.18. The van der Waals surface area contributed by atoms with Gasteiger partial charge in [0.15, 0.2) is 0 Å². The highest BCUT2D eigenvalue weighted by molar-refractivity contribution is 5.98. The molecule has 8 heteroatoms. The molecule has 0 radical (unpaired) electrons. The maximum Gasteiger partial charge on any atom is 0.258 e. The number of aromatic amines is 1. The first kappa shape index (κ1) is 23.6. The number of anilines is 2. The monoisotopic (exact) mass is 483 g/mol. The second-order valence-electron chi connectivity index (χ2n) is 9.61. The van der Waals surface area contributed by atoms with E-state index < -0.39 is 17.7 Å². The Morgan fingerprint density at radius 3 is 2.42 bits per heavy atom. The lowest BCUT2D eigenvalue weighted by Gasteiger charge is -2.40. The van der Waals surface area contributed by atoms with Crippen LogP contribution in [0, 0.1) is 17.2 Å². The summed E-state index contributed by atoms with van der Waals surface area (Å²) in [5.41, 5.74) is 1.70. The fourth-order valence-corrected chi connectivity index (χ4v) is 5.33. The third kappa shape index (κ3) is 4.44. The Morgan fingerprint density at radius 1 is 1.06 bits per heavy atom. The minimum atomic E-state index is -1.05. The summed E-state index contributed by atoms with van der Waals surface area (Å²) < 4.78 is 5.87. The van der Waals surface area contributed by atoms with Gasteiger partial charge in [0.25, 0.3) is 5.56 Å². The number of ether oxygens (including phenoxy) is 1. The van der Waals surface area contributed by atoms with Crippen LogP contribution in [0.1, 0.15) is 55.7 Å². The lowest BCUT2D eigenvalue weighted by Crippen LogP contribution is -2.46. The molecule has 1 saturated heterocycles. The number of hydrogen-bond acceptors (Lipinski definition) is 6. The topological polar surface area (TPSA) is 111 Å². The van der Waals surface area contributed by atoms with Crippen LogP contribution in [0.5, 0.6) is 5.75 Å². The maximum absolute atomic E-state index is 13.4. The van der Waals surface area contributed by atoms with E-state index in [2.05, 4.69) is 40.1 Å². The zero-order chi connectivity index (χ0) is 25.2. The Bertz CT molecular complexity index is 1340. The van der Waals surface area contributed by atoms with Gasteiger partial charge in [-0.1, -0.05) is 42.5 Å². The van der Waals surface area contributed by atoms with E-state index in [-0.39, 0.29) is 23.5 Å². The molecule has 1 amide bonds. The van der Waals surface area contributed by atoms with Crippen LogP contribution in [0.15, 0.2) is 59.4 Å². The molecule has 3 aromatic rings. The molecule has 36 heavy (non-hydrogen) atoms. The van der Waals surface area contributed by atoms with Gasteiger partial charge >= 0.3 is 0 Å². The molecule has 0 aliphatic carbocycles. The van der Waals surface area contributed by atoms with E-state index in [1.54, 1.807) is 24.3 Å². The summed E-state index contributed by atoms with van der Waals surface area (Å²) in [5.74, 6) is -0.893. The molecule has 1 fully saturated rings. The summed E-state index contributed by atoms with van der Waals surface area (Å²) in [6.07, 6.45) is 3.15. The summed E-state index contributed by atoms with van der Waals surface area (Å²) in [7, 11) is 0. The van der Waals surface area contributed by atoms with Crippen molar-refractivity contribution >= 4 is 17.7 Å². The number of carbonyl (C=O) groups excluding carboxylic acids is 1. The maximum atomic E-state index is 13.4. The van der Waals surface area contributed by atoms with Crippen molar-refractivity contribution in [3.63, 3.8) is 0 Å². The first-order valence-electron chi connectivity index (χ1n) is 12.4. The number of fused-ring (bicyclic) bond motifs is 1. The molecule has 4 unspecified atom stereocenters. The average Bonchev–Trinajstić information content (AvgIpc) is 2.87. The quantitative estimate of drug-likeness (QED) is 0.559. The first-order valence-corrected chi connectivity index (χ1v) is 12.4. The molecule has 2 N–H and O–H groups in total. The van der Waals surface area contributed by atoms with Gasteiger partial charge in [-0.15, -0.1) is 0 Å². The summed E-state index contributed by atoms with van der Waals surface area (Å²) >= 11 is 0. The number of aromatic nitrogens is 2. The van der Waals surface area contributed by atoms with Crippen molar-refractivity contribution in [3.05, 3.63) is 81.6 Å². The van der Waals surface area contributed by atoms with Crippen molar-refractivity contribution in [2.75, 3.05) is 10.2 Å². The molecule has 0 spiro atoms. The van der Waals surface area contributed by atoms with Crippen LogP contribution < -0.4 is 20.5 Å². The molecule has 0 bridgehead atoms. The van der Waals surface area contributed by atoms with Crippen molar-refractivity contribution < 1.29 is 9.53 Å². The SMILES string of the molecule is CC1CCCC(C)N1c1nc2c(c(=O)[nH]1)C(c1ccc(OCc3ccccc3)cc1)C(C#N)C(=O)N2. The zero-order valence-corrected chi connectivity index (χ0v) is 20.4. The molecule has 0 saturated carbocycles. The van der Waals surface area contributed by atoms with E-state index in [4.69, 9.17) is 4.74 Å². The number of amides is 1. The number of nitrogens with one attached hydrogen (secondary N) is 2. The smallest absolute Gasteiger partial charge is 0.258 e. The molecule has 3 heterocycles. The number of H-pyrrole nitrogens is 1. The Balaban J connectivity index is 1.47. The van der Waals surface area contributed by atoms with Gasteiger partial charge in [-0.2, -0.15) is 10.2 Å². The van der Waals surface area contributed by atoms with Crippen LogP contribution >= 0.6 is 0 Å². The van der Waals surface area contributed by atoms with Crippen LogP contribution in [0.25, 0.3) is 0 Å². The summed E-state index contributed by atoms with van der Waals surface area (Å²) in [5, 5.41) is 12.5. The number of carbonyl (C=O) groups is 1. The second kappa shape index (κ2) is 9.86. The van der Waals surface area contributed by atoms with Crippen molar-refractivity contribution in [3.8, 4) is 11.8 Å². The van der Waals surface area contributed by atoms with E-state index >= 15 is 0 Å². The number of nitriles is 1. The standard InChI is InChI=1S/C28H29N5O3/c1-17-7-6-8-18(2)33(17)28-31-25-24(27(35)32-28)23(22(15-29)26(34)30-25)20-11-13-21(14-12-20)36-16-19-9-4-3-5-10-19/h3-5,9-14,17-18,22-23H,6-8,16H2,1-2H3,(H2,30,31,32,34,35). The number of piperidine rings is 1. The number of hydrogen-bond donors (Lipinski definition) is 2. The average molecular weight is 484 g/mol. The van der Waals surface area contributed by atoms with Gasteiger partial charge in [-0.05, 0) is 56.4 Å². The molecule has 8 nitrogen and oxygen atoms in total. The highest BCUT2D eigenvalue weighted by Crippen LogP contribution is 2.39. The zero-order valence-electron chi connectivity index (χ0n) is 20.4. The second-order valence-corrected chi connectivity index (χ2v) is 9.61. The first-order chi connectivity index (χ1) is 17.5. The molecule has 2 aliphatic heterocycles. The number of nitrogens with zero attached hydrogens (tertiary/aromatic N) is 3. The molecule has 5 rings (SSSR count). The Labute approximate surface area is 209 Å². The minimum Gasteiger partial charge on any atom is -0.489 e. The minimum absolute atomic E-state index is 0.223. The van der Waals surface area contributed by atoms with Crippen LogP contribution in [0.4, 0.5) is 11.8 Å². The molecule has 1 aromatic heterocycles. The molecule has 2 aromatic carbocycles. The van der Waals surface area contributed by atoms with Crippen molar-refractivity contribution in [2.24, 2.45) is 5.92 Å². The molecule has 184 valence electrons. The van der Waals surface area contributed by atoms with E-state index in [0.29, 0.717) is 29.4 Å². The Morgan fingerprint density at radius 2 is 1.75 bits per heavy atom. The van der Waals surface area contributed by atoms with E-state index in [1.165, 1.54) is 0 Å². The van der Waals surface area contributed by atoms with Gasteiger partial charge in [-0.25, -0.2) is 0 Å². The number of rotatable bonds is 5. The van der Waals surface area contributed by atoms with Gasteiger partial charge < -0.3 is 15.0 Å². The Kier molecular flexibility index (Phi) is 6.47. The molecular weight excluding hydrogens is 454 g/mol. The fourth-order valence-electron chi connectivity index (χ4n) is 5.33. The van der Waals surface area contributed by atoms with Gasteiger partial charge in [0.2, 0.25) is 11.9 Å². The van der Waals surface area contributed by atoms with Gasteiger partial charge in [-0.3, -0.25) is 14.6 Å². The number of benzene rings is 2. The summed E-state index contributed by atoms with van der Waals surface area (Å²) in [6.45, 7) is 4.66. The molecular formula is C28H29N5O3. The van der Waals surface area contributed by atoms with E-state index in [0.717, 1.165) is 24.8 Å². The predicted molar refractivity (Wildman–Crippen MR) is 137 cm³/mol. The lowest BCUT2D eigenvalue weighted by atomic mass is 9.79. The van der Waals surface area contributed by atoms with Gasteiger partial charge in [0.1, 0.15) is 24.1 Å². The predicted octanol–water partition coefficient (Wildman–Crippen LogP) is 4.34. The highest BCUT2D eigenvalue weighted by atomic mass is 16.5. The summed E-state index contributed by atoms with van der Waals surface area (Å²) in [6, 6.07) is 19.6. The van der Waals surface area contributed by atoms with E-state index in [1.807, 2.05) is 30.3 Å². The van der Waals surface area contributed by atoms with Crippen LogP contribution in [-0.4, -0.2) is 28.0 Å². The van der Waals surface area contributed by atoms with Crippen LogP contribution in [0.3, 0.4) is 0 Å². The fraction of sp³-hybridized carbons (Fsp3) is 0.357. The van der Waals surface area contributed by atoms with Crippen molar-refractivity contribution in [1.82, 2.24) is 9.97 Å². The lowest BCUT2D eigenvalue weighted by molar-refractivity contribution is -0.119. The van der Waals surface area contributed by atoms with E-state index in [9.17, 15) is 14.9 Å². The van der Waals surface area contributed by atoms with Crippen molar-refractivity contribution in [2.45, 2.75) is 57.7 Å². The summed E-state index contributed by atoms with van der Waals surface area (Å²) in [4.78, 5) is 36.1. The highest BCUT2D eigenvalue weighted by Gasteiger charge is 2.41.